The van der Waals surface area contributed by atoms with E-state index >= 15 is 0 Å². The summed E-state index contributed by atoms with van der Waals surface area (Å²) in [6, 6.07) is 3.52. The summed E-state index contributed by atoms with van der Waals surface area (Å²) >= 11 is 0. The summed E-state index contributed by atoms with van der Waals surface area (Å²) in [5, 5.41) is 0. The van der Waals surface area contributed by atoms with Crippen LogP contribution in [0.4, 0.5) is 0 Å². The minimum atomic E-state index is -0.334. The number of morpholine rings is 1. The van der Waals surface area contributed by atoms with Crippen molar-refractivity contribution in [3.8, 4) is 0 Å². The summed E-state index contributed by atoms with van der Waals surface area (Å²) in [6.45, 7) is 4.23. The molecule has 5 nitrogen and oxygen atoms in total. The Kier molecular flexibility index (Phi) is 3.81. The van der Waals surface area contributed by atoms with Crippen LogP contribution in [0.25, 0.3) is 0 Å². The molecule has 0 spiro atoms. The summed E-state index contributed by atoms with van der Waals surface area (Å²) in [4.78, 5) is 13.6. The Morgan fingerprint density at radius 2 is 2.41 bits per heavy atom. The molecule has 2 heterocycles. The minimum absolute atomic E-state index is 0.257. The van der Waals surface area contributed by atoms with Crippen molar-refractivity contribution in [1.29, 1.82) is 0 Å². The molecule has 94 valence electrons. The van der Waals surface area contributed by atoms with Crippen LogP contribution < -0.4 is 0 Å². The topological polar surface area (TPSA) is 51.9 Å². The smallest absolute Gasteiger partial charge is 0.325 e. The number of carbonyl (C=O) groups excluding carboxylic acids is 1. The highest BCUT2D eigenvalue weighted by atomic mass is 16.5. The third-order valence-corrected chi connectivity index (χ3v) is 2.87. The van der Waals surface area contributed by atoms with E-state index in [-0.39, 0.29) is 12.0 Å². The minimum Gasteiger partial charge on any atom is -0.468 e. The summed E-state index contributed by atoms with van der Waals surface area (Å²) in [6.07, 6.45) is 0. The molecular weight excluding hydrogens is 222 g/mol. The van der Waals surface area contributed by atoms with Crippen molar-refractivity contribution >= 4 is 5.97 Å². The highest BCUT2D eigenvalue weighted by Crippen LogP contribution is 2.15. The van der Waals surface area contributed by atoms with Gasteiger partial charge in [-0.3, -0.25) is 9.69 Å². The van der Waals surface area contributed by atoms with Gasteiger partial charge < -0.3 is 13.9 Å². The Balaban J connectivity index is 2.03. The van der Waals surface area contributed by atoms with E-state index in [0.29, 0.717) is 26.3 Å². The summed E-state index contributed by atoms with van der Waals surface area (Å²) in [5.74, 6) is 1.48. The Bertz CT molecular complexity index is 388. The molecule has 0 aliphatic carbocycles. The van der Waals surface area contributed by atoms with E-state index in [1.165, 1.54) is 7.11 Å². The summed E-state index contributed by atoms with van der Waals surface area (Å²) in [7, 11) is 1.39. The summed E-state index contributed by atoms with van der Waals surface area (Å²) in [5.41, 5.74) is 0. The van der Waals surface area contributed by atoms with Crippen LogP contribution in [-0.2, 0) is 20.8 Å². The van der Waals surface area contributed by atoms with Crippen molar-refractivity contribution < 1.29 is 18.7 Å². The van der Waals surface area contributed by atoms with Gasteiger partial charge in [-0.25, -0.2) is 0 Å². The van der Waals surface area contributed by atoms with Crippen molar-refractivity contribution in [1.82, 2.24) is 4.90 Å². The van der Waals surface area contributed by atoms with Crippen molar-refractivity contribution in [3.63, 3.8) is 0 Å². The van der Waals surface area contributed by atoms with Crippen LogP contribution in [0.15, 0.2) is 16.5 Å². The fourth-order valence-electron chi connectivity index (χ4n) is 1.95. The molecule has 0 radical (unpaired) electrons. The number of rotatable bonds is 3. The average molecular weight is 239 g/mol. The number of methoxy groups -OCH3 is 1. The zero-order valence-corrected chi connectivity index (χ0v) is 10.1. The van der Waals surface area contributed by atoms with Gasteiger partial charge in [-0.2, -0.15) is 0 Å². The van der Waals surface area contributed by atoms with Crippen LogP contribution in [0.2, 0.25) is 0 Å². The quantitative estimate of drug-likeness (QED) is 0.735. The highest BCUT2D eigenvalue weighted by Gasteiger charge is 2.30. The van der Waals surface area contributed by atoms with Gasteiger partial charge in [0.15, 0.2) is 0 Å². The standard InChI is InChI=1S/C12H17NO4/c1-9-3-4-10(17-9)7-13-5-6-16-8-11(13)12(14)15-2/h3-4,11H,5-8H2,1-2H3. The zero-order chi connectivity index (χ0) is 12.3. The van der Waals surface area contributed by atoms with Crippen LogP contribution in [0.3, 0.4) is 0 Å². The largest absolute Gasteiger partial charge is 0.468 e. The maximum Gasteiger partial charge on any atom is 0.325 e. The van der Waals surface area contributed by atoms with Gasteiger partial charge in [0, 0.05) is 6.54 Å². The third kappa shape index (κ3) is 2.87. The fourth-order valence-corrected chi connectivity index (χ4v) is 1.95. The van der Waals surface area contributed by atoms with Gasteiger partial charge >= 0.3 is 5.97 Å². The number of aryl methyl sites for hydroxylation is 1. The monoisotopic (exact) mass is 239 g/mol. The van der Waals surface area contributed by atoms with E-state index in [2.05, 4.69) is 0 Å². The number of hydrogen-bond donors (Lipinski definition) is 0. The number of furan rings is 1. The first-order chi connectivity index (χ1) is 8.20. The van der Waals surface area contributed by atoms with E-state index in [1.807, 2.05) is 24.0 Å². The molecule has 1 aromatic heterocycles. The lowest BCUT2D eigenvalue weighted by Gasteiger charge is -2.32. The van der Waals surface area contributed by atoms with E-state index in [9.17, 15) is 4.79 Å². The lowest BCUT2D eigenvalue weighted by molar-refractivity contribution is -0.153. The van der Waals surface area contributed by atoms with Crippen LogP contribution >= 0.6 is 0 Å². The molecule has 1 aliphatic rings. The molecule has 1 fully saturated rings. The lowest BCUT2D eigenvalue weighted by atomic mass is 10.2. The van der Waals surface area contributed by atoms with Crippen molar-refractivity contribution in [2.75, 3.05) is 26.9 Å². The van der Waals surface area contributed by atoms with Gasteiger partial charge in [-0.1, -0.05) is 0 Å². The van der Waals surface area contributed by atoms with Crippen molar-refractivity contribution in [2.24, 2.45) is 0 Å². The van der Waals surface area contributed by atoms with Crippen molar-refractivity contribution in [3.05, 3.63) is 23.7 Å². The number of carbonyl (C=O) groups is 1. The SMILES string of the molecule is COC(=O)C1COCCN1Cc1ccc(C)o1. The first-order valence-corrected chi connectivity index (χ1v) is 5.65. The molecule has 0 amide bonds. The number of ether oxygens (including phenoxy) is 2. The van der Waals surface area contributed by atoms with E-state index < -0.39 is 0 Å². The first kappa shape index (κ1) is 12.1. The van der Waals surface area contributed by atoms with Crippen molar-refractivity contribution in [2.45, 2.75) is 19.5 Å². The second kappa shape index (κ2) is 5.33. The molecule has 1 aromatic rings. The molecule has 17 heavy (non-hydrogen) atoms. The molecular formula is C12H17NO4. The molecule has 0 N–H and O–H groups in total. The van der Waals surface area contributed by atoms with E-state index in [4.69, 9.17) is 13.9 Å². The normalized spacial score (nSPS) is 21.4. The van der Waals surface area contributed by atoms with Gasteiger partial charge in [0.25, 0.3) is 0 Å². The molecule has 0 aromatic carbocycles. The second-order valence-corrected chi connectivity index (χ2v) is 4.10. The highest BCUT2D eigenvalue weighted by molar-refractivity contribution is 5.75. The van der Waals surface area contributed by atoms with Gasteiger partial charge in [0.2, 0.25) is 0 Å². The van der Waals surface area contributed by atoms with Gasteiger partial charge in [-0.05, 0) is 19.1 Å². The van der Waals surface area contributed by atoms with E-state index in [1.54, 1.807) is 0 Å². The second-order valence-electron chi connectivity index (χ2n) is 4.10. The predicted octanol–water partition coefficient (Wildman–Crippen LogP) is 0.962. The molecule has 5 heteroatoms. The Morgan fingerprint density at radius 3 is 3.06 bits per heavy atom. The third-order valence-electron chi connectivity index (χ3n) is 2.87. The molecule has 1 saturated heterocycles. The zero-order valence-electron chi connectivity index (χ0n) is 10.1. The van der Waals surface area contributed by atoms with Crippen LogP contribution in [0.5, 0.6) is 0 Å². The number of hydrogen-bond acceptors (Lipinski definition) is 5. The Morgan fingerprint density at radius 1 is 1.59 bits per heavy atom. The average Bonchev–Trinajstić information content (AvgIpc) is 2.74. The lowest BCUT2D eigenvalue weighted by Crippen LogP contribution is -2.49. The van der Waals surface area contributed by atoms with E-state index in [0.717, 1.165) is 11.5 Å². The van der Waals surface area contributed by atoms with Crippen LogP contribution in [0, 0.1) is 6.92 Å². The number of nitrogens with zero attached hydrogens (tertiary/aromatic N) is 1. The van der Waals surface area contributed by atoms with Crippen LogP contribution in [0.1, 0.15) is 11.5 Å². The Hall–Kier alpha value is -1.33. The molecule has 0 saturated carbocycles. The number of esters is 1. The maximum atomic E-state index is 11.6. The first-order valence-electron chi connectivity index (χ1n) is 5.65. The van der Waals surface area contributed by atoms with Gasteiger partial charge in [-0.15, -0.1) is 0 Å². The molecule has 1 aliphatic heterocycles. The molecule has 1 unspecified atom stereocenters. The summed E-state index contributed by atoms with van der Waals surface area (Å²) < 4.78 is 15.6. The molecule has 1 atom stereocenters. The predicted molar refractivity (Wildman–Crippen MR) is 60.5 cm³/mol. The maximum absolute atomic E-state index is 11.6. The fraction of sp³-hybridized carbons (Fsp3) is 0.583. The van der Waals surface area contributed by atoms with Gasteiger partial charge in [0.1, 0.15) is 17.6 Å². The molecule has 0 bridgehead atoms. The Labute approximate surface area is 100 Å². The van der Waals surface area contributed by atoms with Crippen LogP contribution in [-0.4, -0.2) is 43.8 Å². The van der Waals surface area contributed by atoms with Gasteiger partial charge in [0.05, 0.1) is 26.9 Å². The molecule has 2 rings (SSSR count).